The van der Waals surface area contributed by atoms with Crippen molar-refractivity contribution >= 4 is 33.9 Å². The second-order valence-electron chi connectivity index (χ2n) is 4.82. The minimum atomic E-state index is -0.321. The summed E-state index contributed by atoms with van der Waals surface area (Å²) in [5, 5.41) is 3.92. The molecule has 0 fully saturated rings. The molecule has 0 bridgehead atoms. The highest BCUT2D eigenvalue weighted by molar-refractivity contribution is 7.80. The second kappa shape index (κ2) is 7.13. The fourth-order valence-corrected chi connectivity index (χ4v) is 2.33. The van der Waals surface area contributed by atoms with E-state index in [0.29, 0.717) is 34.3 Å². The Morgan fingerprint density at radius 3 is 2.57 bits per heavy atom. The zero-order chi connectivity index (χ0) is 15.2. The van der Waals surface area contributed by atoms with Crippen LogP contribution in [0.5, 0.6) is 0 Å². The monoisotopic (exact) mass is 304 g/mol. The molecule has 0 aliphatic rings. The SMILES string of the molecule is NC(=S)CCCCNC(=O)c1ccc(F)c2ccccc12. The van der Waals surface area contributed by atoms with E-state index in [1.165, 1.54) is 12.1 Å². The van der Waals surface area contributed by atoms with Crippen molar-refractivity contribution in [2.24, 2.45) is 5.73 Å². The number of nitrogens with two attached hydrogens (primary N) is 1. The highest BCUT2D eigenvalue weighted by atomic mass is 32.1. The van der Waals surface area contributed by atoms with Crippen molar-refractivity contribution in [3.05, 3.63) is 47.8 Å². The van der Waals surface area contributed by atoms with Gasteiger partial charge in [0.1, 0.15) is 5.82 Å². The number of halogens is 1. The van der Waals surface area contributed by atoms with Gasteiger partial charge < -0.3 is 11.1 Å². The minimum Gasteiger partial charge on any atom is -0.393 e. The maximum atomic E-state index is 13.7. The van der Waals surface area contributed by atoms with E-state index in [1.807, 2.05) is 0 Å². The van der Waals surface area contributed by atoms with Crippen molar-refractivity contribution in [2.75, 3.05) is 6.54 Å². The number of carbonyl (C=O) groups excluding carboxylic acids is 1. The number of hydrogen-bond donors (Lipinski definition) is 2. The molecule has 0 saturated carbocycles. The van der Waals surface area contributed by atoms with E-state index in [9.17, 15) is 9.18 Å². The minimum absolute atomic E-state index is 0.193. The lowest BCUT2D eigenvalue weighted by atomic mass is 10.0. The maximum absolute atomic E-state index is 13.7. The van der Waals surface area contributed by atoms with Crippen molar-refractivity contribution in [3.8, 4) is 0 Å². The molecule has 0 unspecified atom stereocenters. The Kier molecular flexibility index (Phi) is 5.22. The largest absolute Gasteiger partial charge is 0.393 e. The first-order chi connectivity index (χ1) is 10.1. The molecule has 0 spiro atoms. The topological polar surface area (TPSA) is 55.1 Å². The third-order valence-corrected chi connectivity index (χ3v) is 3.46. The van der Waals surface area contributed by atoms with Crippen LogP contribution in [0.25, 0.3) is 10.8 Å². The number of nitrogens with one attached hydrogen (secondary N) is 1. The Bertz CT molecular complexity index is 672. The van der Waals surface area contributed by atoms with Crippen LogP contribution in [-0.4, -0.2) is 17.4 Å². The number of thiocarbonyl (C=S) groups is 1. The van der Waals surface area contributed by atoms with Gasteiger partial charge in [-0.3, -0.25) is 4.79 Å². The molecule has 2 rings (SSSR count). The summed E-state index contributed by atoms with van der Waals surface area (Å²) >= 11 is 4.79. The molecule has 3 N–H and O–H groups in total. The van der Waals surface area contributed by atoms with E-state index in [1.54, 1.807) is 24.3 Å². The number of fused-ring (bicyclic) bond motifs is 1. The molecule has 110 valence electrons. The number of carbonyl (C=O) groups is 1. The van der Waals surface area contributed by atoms with Crippen molar-refractivity contribution in [2.45, 2.75) is 19.3 Å². The first kappa shape index (κ1) is 15.4. The number of benzene rings is 2. The molecule has 0 aliphatic heterocycles. The van der Waals surface area contributed by atoms with Gasteiger partial charge in [-0.05, 0) is 36.8 Å². The van der Waals surface area contributed by atoms with Crippen molar-refractivity contribution in [1.82, 2.24) is 5.32 Å². The summed E-state index contributed by atoms with van der Waals surface area (Å²) in [7, 11) is 0. The third kappa shape index (κ3) is 3.98. The highest BCUT2D eigenvalue weighted by Gasteiger charge is 2.11. The van der Waals surface area contributed by atoms with E-state index < -0.39 is 0 Å². The molecule has 5 heteroatoms. The number of unbranched alkanes of at least 4 members (excludes halogenated alkanes) is 1. The summed E-state index contributed by atoms with van der Waals surface area (Å²) < 4.78 is 13.7. The van der Waals surface area contributed by atoms with E-state index in [2.05, 4.69) is 5.32 Å². The Labute approximate surface area is 128 Å². The molecule has 21 heavy (non-hydrogen) atoms. The summed E-state index contributed by atoms with van der Waals surface area (Å²) in [6.45, 7) is 0.549. The lowest BCUT2D eigenvalue weighted by Crippen LogP contribution is -2.25. The molecule has 0 radical (unpaired) electrons. The zero-order valence-corrected chi connectivity index (χ0v) is 12.4. The van der Waals surface area contributed by atoms with Crippen LogP contribution in [0.15, 0.2) is 36.4 Å². The maximum Gasteiger partial charge on any atom is 0.251 e. The lowest BCUT2D eigenvalue weighted by Gasteiger charge is -2.08. The van der Waals surface area contributed by atoms with Crippen LogP contribution in [-0.2, 0) is 0 Å². The van der Waals surface area contributed by atoms with Gasteiger partial charge in [0, 0.05) is 17.5 Å². The van der Waals surface area contributed by atoms with Gasteiger partial charge in [0.25, 0.3) is 5.91 Å². The average molecular weight is 304 g/mol. The van der Waals surface area contributed by atoms with Crippen LogP contribution >= 0.6 is 12.2 Å². The van der Waals surface area contributed by atoms with Crippen LogP contribution < -0.4 is 11.1 Å². The highest BCUT2D eigenvalue weighted by Crippen LogP contribution is 2.21. The quantitative estimate of drug-likeness (QED) is 0.636. The smallest absolute Gasteiger partial charge is 0.251 e. The molecule has 0 saturated heterocycles. The Hall–Kier alpha value is -2.01. The Balaban J connectivity index is 2.03. The Morgan fingerprint density at radius 2 is 1.86 bits per heavy atom. The Morgan fingerprint density at radius 1 is 1.14 bits per heavy atom. The molecule has 1 amide bonds. The molecule has 0 heterocycles. The molecular formula is C16H17FN2OS. The van der Waals surface area contributed by atoms with Gasteiger partial charge in [-0.25, -0.2) is 4.39 Å². The zero-order valence-electron chi connectivity index (χ0n) is 11.6. The van der Waals surface area contributed by atoms with Crippen LogP contribution in [0.4, 0.5) is 4.39 Å². The van der Waals surface area contributed by atoms with Crippen molar-refractivity contribution in [1.29, 1.82) is 0 Å². The fourth-order valence-electron chi connectivity index (χ4n) is 2.18. The first-order valence-electron chi connectivity index (χ1n) is 6.83. The average Bonchev–Trinajstić information content (AvgIpc) is 2.47. The summed E-state index contributed by atoms with van der Waals surface area (Å²) in [6.07, 6.45) is 2.34. The van der Waals surface area contributed by atoms with Gasteiger partial charge in [-0.15, -0.1) is 0 Å². The van der Waals surface area contributed by atoms with Gasteiger partial charge in [0.05, 0.1) is 4.99 Å². The van der Waals surface area contributed by atoms with Gasteiger partial charge >= 0.3 is 0 Å². The van der Waals surface area contributed by atoms with Gasteiger partial charge in [-0.2, -0.15) is 0 Å². The normalized spacial score (nSPS) is 10.5. The first-order valence-corrected chi connectivity index (χ1v) is 7.24. The molecule has 0 aliphatic carbocycles. The van der Waals surface area contributed by atoms with Gasteiger partial charge in [0.2, 0.25) is 0 Å². The summed E-state index contributed by atoms with van der Waals surface area (Å²) in [5.74, 6) is -0.514. The van der Waals surface area contributed by atoms with E-state index in [-0.39, 0.29) is 11.7 Å². The van der Waals surface area contributed by atoms with Crippen LogP contribution in [0.2, 0.25) is 0 Å². The molecule has 2 aromatic carbocycles. The van der Waals surface area contributed by atoms with Crippen molar-refractivity contribution in [3.63, 3.8) is 0 Å². The van der Waals surface area contributed by atoms with E-state index in [0.717, 1.165) is 12.8 Å². The van der Waals surface area contributed by atoms with Gasteiger partial charge in [-0.1, -0.05) is 36.5 Å². The fraction of sp³-hybridized carbons (Fsp3) is 0.250. The molecule has 2 aromatic rings. The number of amides is 1. The summed E-state index contributed by atoms with van der Waals surface area (Å²) in [5.41, 5.74) is 5.90. The van der Waals surface area contributed by atoms with Gasteiger partial charge in [0.15, 0.2) is 0 Å². The third-order valence-electron chi connectivity index (χ3n) is 3.25. The van der Waals surface area contributed by atoms with Crippen LogP contribution in [0.1, 0.15) is 29.6 Å². The van der Waals surface area contributed by atoms with Crippen LogP contribution in [0.3, 0.4) is 0 Å². The lowest BCUT2D eigenvalue weighted by molar-refractivity contribution is 0.0954. The molecule has 3 nitrogen and oxygen atoms in total. The number of rotatable bonds is 6. The predicted molar refractivity (Wildman–Crippen MR) is 86.9 cm³/mol. The van der Waals surface area contributed by atoms with Crippen molar-refractivity contribution < 1.29 is 9.18 Å². The van der Waals surface area contributed by atoms with E-state index >= 15 is 0 Å². The second-order valence-corrected chi connectivity index (χ2v) is 5.34. The standard InChI is InChI=1S/C16H17FN2OS/c17-14-9-8-13(11-5-1-2-6-12(11)14)16(20)19-10-4-3-7-15(18)21/h1-2,5-6,8-9H,3-4,7,10H2,(H2,18,21)(H,19,20). The molecule has 0 aromatic heterocycles. The van der Waals surface area contributed by atoms with Crippen LogP contribution in [0, 0.1) is 5.82 Å². The molecule has 0 atom stereocenters. The predicted octanol–water partition coefficient (Wildman–Crippen LogP) is 3.17. The summed E-state index contributed by atoms with van der Waals surface area (Å²) in [4.78, 5) is 12.7. The summed E-state index contributed by atoms with van der Waals surface area (Å²) in [6, 6.07) is 9.81. The van der Waals surface area contributed by atoms with E-state index in [4.69, 9.17) is 18.0 Å². The number of hydrogen-bond acceptors (Lipinski definition) is 2. The molecular weight excluding hydrogens is 287 g/mol.